The van der Waals surface area contributed by atoms with Crippen LogP contribution in [-0.4, -0.2) is 13.4 Å². The molecule has 0 saturated heterocycles. The lowest BCUT2D eigenvalue weighted by molar-refractivity contribution is 0.610. The van der Waals surface area contributed by atoms with Crippen LogP contribution in [0.25, 0.3) is 10.9 Å². The molecule has 0 saturated carbocycles. The summed E-state index contributed by atoms with van der Waals surface area (Å²) in [6.45, 7) is 0. The minimum Gasteiger partial charge on any atom is -0.360 e. The van der Waals surface area contributed by atoms with Gasteiger partial charge in [-0.1, -0.05) is 6.07 Å². The molecule has 1 aromatic heterocycles. The first-order valence-electron chi connectivity index (χ1n) is 3.98. The van der Waals surface area contributed by atoms with Crippen LogP contribution in [0.1, 0.15) is 5.56 Å². The fourth-order valence-electron chi connectivity index (χ4n) is 1.37. The number of nitrogens with zero attached hydrogens (tertiary/aromatic N) is 1. The van der Waals surface area contributed by atoms with E-state index in [9.17, 15) is 8.42 Å². The number of nitriles is 1. The molecule has 1 heterocycles. The van der Waals surface area contributed by atoms with Gasteiger partial charge in [-0.05, 0) is 12.1 Å². The first-order chi connectivity index (χ1) is 7.02. The van der Waals surface area contributed by atoms with Gasteiger partial charge in [0.25, 0.3) is 9.05 Å². The highest BCUT2D eigenvalue weighted by molar-refractivity contribution is 8.14. The Kier molecular flexibility index (Phi) is 2.18. The van der Waals surface area contributed by atoms with Crippen molar-refractivity contribution < 1.29 is 8.42 Å². The molecule has 0 aliphatic heterocycles. The van der Waals surface area contributed by atoms with E-state index in [4.69, 9.17) is 15.9 Å². The number of halogens is 1. The van der Waals surface area contributed by atoms with Gasteiger partial charge in [-0.3, -0.25) is 0 Å². The van der Waals surface area contributed by atoms with Gasteiger partial charge in [0.1, 0.15) is 4.90 Å². The van der Waals surface area contributed by atoms with Crippen molar-refractivity contribution in [3.8, 4) is 6.07 Å². The van der Waals surface area contributed by atoms with Crippen LogP contribution in [0, 0.1) is 11.3 Å². The summed E-state index contributed by atoms with van der Waals surface area (Å²) in [7, 11) is 1.49. The smallest absolute Gasteiger partial charge is 0.263 e. The third-order valence-corrected chi connectivity index (χ3v) is 3.40. The van der Waals surface area contributed by atoms with E-state index >= 15 is 0 Å². The molecule has 76 valence electrons. The highest BCUT2D eigenvalue weighted by Gasteiger charge is 2.15. The van der Waals surface area contributed by atoms with E-state index in [0.29, 0.717) is 16.5 Å². The molecule has 0 radical (unpaired) electrons. The van der Waals surface area contributed by atoms with Crippen LogP contribution in [0.2, 0.25) is 0 Å². The molecular weight excluding hydrogens is 236 g/mol. The van der Waals surface area contributed by atoms with Crippen molar-refractivity contribution in [3.05, 3.63) is 30.0 Å². The predicted molar refractivity (Wildman–Crippen MR) is 56.1 cm³/mol. The van der Waals surface area contributed by atoms with Crippen LogP contribution in [0.5, 0.6) is 0 Å². The van der Waals surface area contributed by atoms with Crippen LogP contribution in [0.3, 0.4) is 0 Å². The van der Waals surface area contributed by atoms with E-state index < -0.39 is 9.05 Å². The van der Waals surface area contributed by atoms with E-state index in [-0.39, 0.29) is 4.90 Å². The first-order valence-corrected chi connectivity index (χ1v) is 6.29. The third kappa shape index (κ3) is 1.69. The minimum absolute atomic E-state index is 0.0312. The van der Waals surface area contributed by atoms with E-state index in [1.54, 1.807) is 18.2 Å². The second kappa shape index (κ2) is 3.26. The first kappa shape index (κ1) is 10.0. The molecule has 15 heavy (non-hydrogen) atoms. The largest absolute Gasteiger partial charge is 0.360 e. The maximum absolute atomic E-state index is 11.1. The number of aromatic nitrogens is 1. The predicted octanol–water partition coefficient (Wildman–Crippen LogP) is 1.97. The van der Waals surface area contributed by atoms with Crippen molar-refractivity contribution in [2.75, 3.05) is 0 Å². The molecule has 6 heteroatoms. The molecule has 1 N–H and O–H groups in total. The molecule has 0 unspecified atom stereocenters. The second-order valence-electron chi connectivity index (χ2n) is 2.96. The summed E-state index contributed by atoms with van der Waals surface area (Å²) in [5.41, 5.74) is 1.04. The number of rotatable bonds is 1. The Hall–Kier alpha value is -1.51. The number of H-pyrrole nitrogens is 1. The summed E-state index contributed by atoms with van der Waals surface area (Å²) >= 11 is 0. The number of aromatic amines is 1. The van der Waals surface area contributed by atoms with Crippen molar-refractivity contribution in [1.82, 2.24) is 4.98 Å². The van der Waals surface area contributed by atoms with Crippen LogP contribution >= 0.6 is 10.7 Å². The summed E-state index contributed by atoms with van der Waals surface area (Å²) in [6.07, 6.45) is 1.31. The lowest BCUT2D eigenvalue weighted by Crippen LogP contribution is -1.87. The van der Waals surface area contributed by atoms with Gasteiger partial charge in [-0.2, -0.15) is 5.26 Å². The van der Waals surface area contributed by atoms with E-state index in [2.05, 4.69) is 4.98 Å². The quantitative estimate of drug-likeness (QED) is 0.775. The van der Waals surface area contributed by atoms with Gasteiger partial charge in [-0.15, -0.1) is 0 Å². The summed E-state index contributed by atoms with van der Waals surface area (Å²) in [6, 6.07) is 6.63. The average Bonchev–Trinajstić information content (AvgIpc) is 2.59. The fraction of sp³-hybridized carbons (Fsp3) is 0. The monoisotopic (exact) mass is 240 g/mol. The zero-order chi connectivity index (χ0) is 11.1. The Morgan fingerprint density at radius 2 is 2.13 bits per heavy atom. The standard InChI is InChI=1S/C9H5ClN2O2S/c10-15(13,14)9-5-12-8-3-6(4-11)1-2-7(8)9/h1-3,5,12H. The number of fused-ring (bicyclic) bond motifs is 1. The topological polar surface area (TPSA) is 73.7 Å². The minimum atomic E-state index is -3.75. The number of hydrogen-bond acceptors (Lipinski definition) is 3. The molecule has 0 aliphatic rings. The molecular formula is C9H5ClN2O2S. The fourth-order valence-corrected chi connectivity index (χ4v) is 2.39. The Labute approximate surface area is 90.5 Å². The molecule has 0 bridgehead atoms. The van der Waals surface area contributed by atoms with Crippen LogP contribution in [0.15, 0.2) is 29.3 Å². The van der Waals surface area contributed by atoms with Crippen molar-refractivity contribution in [2.24, 2.45) is 0 Å². The highest BCUT2D eigenvalue weighted by atomic mass is 35.7. The van der Waals surface area contributed by atoms with Gasteiger partial charge in [0.15, 0.2) is 0 Å². The maximum atomic E-state index is 11.1. The lowest BCUT2D eigenvalue weighted by Gasteiger charge is -1.93. The van der Waals surface area contributed by atoms with E-state index in [1.165, 1.54) is 6.20 Å². The van der Waals surface area contributed by atoms with E-state index in [1.807, 2.05) is 6.07 Å². The number of benzene rings is 1. The Morgan fingerprint density at radius 1 is 1.40 bits per heavy atom. The van der Waals surface area contributed by atoms with E-state index in [0.717, 1.165) is 0 Å². The molecule has 0 atom stereocenters. The SMILES string of the molecule is N#Cc1ccc2c(S(=O)(=O)Cl)c[nH]c2c1. The Morgan fingerprint density at radius 3 is 2.73 bits per heavy atom. The van der Waals surface area contributed by atoms with Gasteiger partial charge in [0, 0.05) is 27.8 Å². The van der Waals surface area contributed by atoms with Gasteiger partial charge < -0.3 is 4.98 Å². The molecule has 2 aromatic rings. The molecule has 4 nitrogen and oxygen atoms in total. The Bertz CT molecular complexity index is 667. The molecule has 0 aliphatic carbocycles. The van der Waals surface area contributed by atoms with Gasteiger partial charge >= 0.3 is 0 Å². The molecule has 0 fully saturated rings. The number of nitrogens with one attached hydrogen (secondary N) is 1. The molecule has 0 spiro atoms. The maximum Gasteiger partial charge on any atom is 0.263 e. The van der Waals surface area contributed by atoms with Crippen molar-refractivity contribution in [2.45, 2.75) is 4.90 Å². The number of hydrogen-bond donors (Lipinski definition) is 1. The average molecular weight is 241 g/mol. The molecule has 1 aromatic carbocycles. The zero-order valence-electron chi connectivity index (χ0n) is 7.36. The van der Waals surface area contributed by atoms with Gasteiger partial charge in [0.2, 0.25) is 0 Å². The summed E-state index contributed by atoms with van der Waals surface area (Å²) in [5.74, 6) is 0. The van der Waals surface area contributed by atoms with Crippen LogP contribution < -0.4 is 0 Å². The summed E-state index contributed by atoms with van der Waals surface area (Å²) < 4.78 is 22.3. The van der Waals surface area contributed by atoms with Crippen molar-refractivity contribution >= 4 is 30.6 Å². The van der Waals surface area contributed by atoms with Crippen LogP contribution in [-0.2, 0) is 9.05 Å². The normalized spacial score (nSPS) is 11.5. The Balaban J connectivity index is 2.80. The second-order valence-corrected chi connectivity index (χ2v) is 5.50. The van der Waals surface area contributed by atoms with Crippen molar-refractivity contribution in [1.29, 1.82) is 5.26 Å². The van der Waals surface area contributed by atoms with Gasteiger partial charge in [0.05, 0.1) is 11.6 Å². The van der Waals surface area contributed by atoms with Crippen LogP contribution in [0.4, 0.5) is 0 Å². The summed E-state index contributed by atoms with van der Waals surface area (Å²) in [4.78, 5) is 2.79. The molecule has 2 rings (SSSR count). The third-order valence-electron chi connectivity index (χ3n) is 2.04. The molecule has 0 amide bonds. The summed E-state index contributed by atoms with van der Waals surface area (Å²) in [5, 5.41) is 9.15. The van der Waals surface area contributed by atoms with Gasteiger partial charge in [-0.25, -0.2) is 8.42 Å². The lowest BCUT2D eigenvalue weighted by atomic mass is 10.2. The van der Waals surface area contributed by atoms with Crippen molar-refractivity contribution in [3.63, 3.8) is 0 Å². The zero-order valence-corrected chi connectivity index (χ0v) is 8.93. The highest BCUT2D eigenvalue weighted by Crippen LogP contribution is 2.25.